The van der Waals surface area contributed by atoms with Gasteiger partial charge in [-0.05, 0) is 12.3 Å². The van der Waals surface area contributed by atoms with Crippen LogP contribution in [0, 0.1) is 5.92 Å². The molecule has 0 aromatic carbocycles. The first kappa shape index (κ1) is 15.4. The molecule has 1 saturated heterocycles. The van der Waals surface area contributed by atoms with E-state index in [0.29, 0.717) is 32.4 Å². The van der Waals surface area contributed by atoms with E-state index in [2.05, 4.69) is 19.2 Å². The molecule has 5 nitrogen and oxygen atoms in total. The molecule has 0 spiro atoms. The fraction of sp³-hybridized carbons (Fsp3) is 0.923. The van der Waals surface area contributed by atoms with Gasteiger partial charge in [-0.25, -0.2) is 0 Å². The highest BCUT2D eigenvalue weighted by Gasteiger charge is 2.33. The smallest absolute Gasteiger partial charge is 0.241 e. The number of carbonyl (C=O) groups excluding carboxylic acids is 1. The van der Waals surface area contributed by atoms with Gasteiger partial charge in [-0.3, -0.25) is 10.1 Å². The zero-order chi connectivity index (χ0) is 13.4. The summed E-state index contributed by atoms with van der Waals surface area (Å²) in [4.78, 5) is 14.0. The lowest BCUT2D eigenvalue weighted by Gasteiger charge is -2.17. The van der Waals surface area contributed by atoms with Gasteiger partial charge >= 0.3 is 0 Å². The van der Waals surface area contributed by atoms with Crippen LogP contribution in [0.4, 0.5) is 0 Å². The van der Waals surface area contributed by atoms with Crippen LogP contribution >= 0.6 is 0 Å². The first-order valence-electron chi connectivity index (χ1n) is 6.79. The molecule has 0 aliphatic carbocycles. The molecule has 1 heterocycles. The molecule has 1 rings (SSSR count). The maximum atomic E-state index is 12.1. The summed E-state index contributed by atoms with van der Waals surface area (Å²) in [6.45, 7) is 7.61. The van der Waals surface area contributed by atoms with Crippen LogP contribution in [0.3, 0.4) is 0 Å². The molecular formula is C13H26N2O3. The second kappa shape index (κ2) is 8.45. The maximum absolute atomic E-state index is 12.1. The van der Waals surface area contributed by atoms with Crippen LogP contribution in [0.2, 0.25) is 0 Å². The summed E-state index contributed by atoms with van der Waals surface area (Å²) >= 11 is 0. The first-order valence-corrected chi connectivity index (χ1v) is 6.79. The number of hydrogen-bond acceptors (Lipinski definition) is 4. The van der Waals surface area contributed by atoms with E-state index in [4.69, 9.17) is 9.47 Å². The summed E-state index contributed by atoms with van der Waals surface area (Å²) in [5, 5.41) is 3.28. The van der Waals surface area contributed by atoms with E-state index in [9.17, 15) is 4.79 Å². The Kier molecular flexibility index (Phi) is 7.23. The van der Waals surface area contributed by atoms with Crippen LogP contribution in [0.1, 0.15) is 26.7 Å². The monoisotopic (exact) mass is 258 g/mol. The number of amides is 1. The van der Waals surface area contributed by atoms with Crippen molar-refractivity contribution in [3.05, 3.63) is 0 Å². The Morgan fingerprint density at radius 3 is 2.89 bits per heavy atom. The predicted molar refractivity (Wildman–Crippen MR) is 70.3 cm³/mol. The van der Waals surface area contributed by atoms with Crippen molar-refractivity contribution in [1.82, 2.24) is 10.2 Å². The predicted octanol–water partition coefficient (Wildman–Crippen LogP) is 0.844. The Hall–Kier alpha value is -0.650. The molecule has 0 saturated carbocycles. The van der Waals surface area contributed by atoms with Gasteiger partial charge in [-0.15, -0.1) is 0 Å². The Balaban J connectivity index is 2.15. The van der Waals surface area contributed by atoms with Crippen LogP contribution in [0.5, 0.6) is 0 Å². The van der Waals surface area contributed by atoms with Crippen molar-refractivity contribution in [2.24, 2.45) is 5.92 Å². The molecule has 1 aliphatic rings. The topological polar surface area (TPSA) is 50.8 Å². The van der Waals surface area contributed by atoms with Gasteiger partial charge in [0.1, 0.15) is 0 Å². The standard InChI is InChI=1S/C13H26N2O3/c1-4-11(2)12-13(16)15(10-14-12)6-5-7-18-9-8-17-3/h11-12,14H,4-10H2,1-3H3. The van der Waals surface area contributed by atoms with Gasteiger partial charge < -0.3 is 14.4 Å². The first-order chi connectivity index (χ1) is 8.70. The van der Waals surface area contributed by atoms with Crippen LogP contribution < -0.4 is 5.32 Å². The Labute approximate surface area is 110 Å². The molecule has 0 bridgehead atoms. The van der Waals surface area contributed by atoms with Crippen LogP contribution in [-0.4, -0.2) is 57.0 Å². The van der Waals surface area contributed by atoms with Crippen molar-refractivity contribution >= 4 is 5.91 Å². The molecule has 2 atom stereocenters. The highest BCUT2D eigenvalue weighted by atomic mass is 16.5. The normalized spacial score (nSPS) is 21.6. The average molecular weight is 258 g/mol. The van der Waals surface area contributed by atoms with E-state index < -0.39 is 0 Å². The van der Waals surface area contributed by atoms with Gasteiger partial charge in [0.05, 0.1) is 25.9 Å². The molecule has 0 aromatic heterocycles. The SMILES string of the molecule is CCC(C)C1NCN(CCCOCCOC)C1=O. The second-order valence-corrected chi connectivity index (χ2v) is 4.79. The quantitative estimate of drug-likeness (QED) is 0.623. The molecule has 2 unspecified atom stereocenters. The number of nitrogens with one attached hydrogen (secondary N) is 1. The number of rotatable bonds is 9. The van der Waals surface area contributed by atoms with Crippen LogP contribution in [0.15, 0.2) is 0 Å². The summed E-state index contributed by atoms with van der Waals surface area (Å²) in [5.41, 5.74) is 0. The van der Waals surface area contributed by atoms with Crippen molar-refractivity contribution in [3.63, 3.8) is 0 Å². The third kappa shape index (κ3) is 4.55. The Morgan fingerprint density at radius 1 is 1.44 bits per heavy atom. The van der Waals surface area contributed by atoms with E-state index >= 15 is 0 Å². The molecule has 0 radical (unpaired) electrons. The van der Waals surface area contributed by atoms with Gasteiger partial charge in [-0.2, -0.15) is 0 Å². The third-order valence-electron chi connectivity index (χ3n) is 3.44. The van der Waals surface area contributed by atoms with Gasteiger partial charge in [0.2, 0.25) is 5.91 Å². The molecule has 1 aliphatic heterocycles. The Morgan fingerprint density at radius 2 is 2.22 bits per heavy atom. The summed E-state index contributed by atoms with van der Waals surface area (Å²) in [6.07, 6.45) is 1.90. The number of nitrogens with zero attached hydrogens (tertiary/aromatic N) is 1. The van der Waals surface area contributed by atoms with Crippen molar-refractivity contribution < 1.29 is 14.3 Å². The van der Waals surface area contributed by atoms with E-state index in [1.165, 1.54) is 0 Å². The molecule has 5 heteroatoms. The van der Waals surface area contributed by atoms with Crippen molar-refractivity contribution in [1.29, 1.82) is 0 Å². The largest absolute Gasteiger partial charge is 0.382 e. The lowest BCUT2D eigenvalue weighted by Crippen LogP contribution is -2.36. The van der Waals surface area contributed by atoms with Gasteiger partial charge in [-0.1, -0.05) is 20.3 Å². The minimum absolute atomic E-state index is 0.00408. The summed E-state index contributed by atoms with van der Waals surface area (Å²) < 4.78 is 10.3. The molecule has 18 heavy (non-hydrogen) atoms. The van der Waals surface area contributed by atoms with Crippen LogP contribution in [0.25, 0.3) is 0 Å². The van der Waals surface area contributed by atoms with Gasteiger partial charge in [0.25, 0.3) is 0 Å². The Bertz CT molecular complexity index is 248. The minimum Gasteiger partial charge on any atom is -0.382 e. The highest BCUT2D eigenvalue weighted by molar-refractivity contribution is 5.84. The van der Waals surface area contributed by atoms with E-state index in [-0.39, 0.29) is 11.9 Å². The number of hydrogen-bond donors (Lipinski definition) is 1. The number of methoxy groups -OCH3 is 1. The van der Waals surface area contributed by atoms with Crippen molar-refractivity contribution in [3.8, 4) is 0 Å². The fourth-order valence-electron chi connectivity index (χ4n) is 2.04. The second-order valence-electron chi connectivity index (χ2n) is 4.79. The summed E-state index contributed by atoms with van der Waals surface area (Å²) in [6, 6.07) is 0.00408. The average Bonchev–Trinajstić information content (AvgIpc) is 2.74. The lowest BCUT2D eigenvalue weighted by atomic mass is 9.99. The number of carbonyl (C=O) groups is 1. The minimum atomic E-state index is 0.00408. The zero-order valence-electron chi connectivity index (χ0n) is 11.8. The van der Waals surface area contributed by atoms with Gasteiger partial charge in [0.15, 0.2) is 0 Å². The highest BCUT2D eigenvalue weighted by Crippen LogP contribution is 2.15. The third-order valence-corrected chi connectivity index (χ3v) is 3.44. The van der Waals surface area contributed by atoms with E-state index in [1.54, 1.807) is 7.11 Å². The summed E-state index contributed by atoms with van der Waals surface area (Å²) in [7, 11) is 1.66. The summed E-state index contributed by atoms with van der Waals surface area (Å²) in [5.74, 6) is 0.640. The lowest BCUT2D eigenvalue weighted by molar-refractivity contribution is -0.130. The van der Waals surface area contributed by atoms with Crippen molar-refractivity contribution in [2.75, 3.05) is 40.1 Å². The molecular weight excluding hydrogens is 232 g/mol. The van der Waals surface area contributed by atoms with Crippen LogP contribution in [-0.2, 0) is 14.3 Å². The molecule has 1 N–H and O–H groups in total. The molecule has 0 aromatic rings. The zero-order valence-corrected chi connectivity index (χ0v) is 11.8. The maximum Gasteiger partial charge on any atom is 0.241 e. The number of ether oxygens (including phenoxy) is 2. The molecule has 1 amide bonds. The molecule has 106 valence electrons. The fourth-order valence-corrected chi connectivity index (χ4v) is 2.04. The van der Waals surface area contributed by atoms with Crippen molar-refractivity contribution in [2.45, 2.75) is 32.7 Å². The molecule has 1 fully saturated rings. The van der Waals surface area contributed by atoms with E-state index in [1.807, 2.05) is 4.90 Å². The van der Waals surface area contributed by atoms with E-state index in [0.717, 1.165) is 19.4 Å². The van der Waals surface area contributed by atoms with Gasteiger partial charge in [0, 0.05) is 20.3 Å².